The third-order valence-electron chi connectivity index (χ3n) is 5.63. The topological polar surface area (TPSA) is 77.0 Å². The monoisotopic (exact) mass is 411 g/mol. The van der Waals surface area contributed by atoms with Gasteiger partial charge in [0.1, 0.15) is 23.0 Å². The van der Waals surface area contributed by atoms with Gasteiger partial charge < -0.3 is 14.0 Å². The highest BCUT2D eigenvalue weighted by Gasteiger charge is 2.24. The van der Waals surface area contributed by atoms with E-state index < -0.39 is 0 Å². The van der Waals surface area contributed by atoms with Crippen molar-refractivity contribution in [3.05, 3.63) is 52.9 Å². The molecule has 0 saturated carbocycles. The van der Waals surface area contributed by atoms with Gasteiger partial charge in [-0.25, -0.2) is 4.39 Å². The van der Waals surface area contributed by atoms with Crippen molar-refractivity contribution in [1.29, 1.82) is 0 Å². The van der Waals surface area contributed by atoms with Crippen molar-refractivity contribution in [2.45, 2.75) is 52.5 Å². The molecule has 0 spiro atoms. The highest BCUT2D eigenvalue weighted by Crippen LogP contribution is 2.22. The van der Waals surface area contributed by atoms with Crippen LogP contribution in [-0.4, -0.2) is 43.8 Å². The van der Waals surface area contributed by atoms with E-state index in [-0.39, 0.29) is 11.7 Å². The molecule has 1 aliphatic heterocycles. The van der Waals surface area contributed by atoms with Crippen LogP contribution in [0.15, 0.2) is 28.8 Å². The molecule has 3 aromatic rings. The van der Waals surface area contributed by atoms with Crippen LogP contribution in [0.5, 0.6) is 0 Å². The zero-order chi connectivity index (χ0) is 21.1. The van der Waals surface area contributed by atoms with Crippen molar-refractivity contribution >= 4 is 5.91 Å². The SMILES string of the molecule is Cc1noc(C)c1C(=O)N1CCCCCCn2c(nnc2-c2ccc(F)cc2)CC1. The molecule has 0 fully saturated rings. The Balaban J connectivity index is 1.60. The second kappa shape index (κ2) is 8.77. The molecule has 0 unspecified atom stereocenters. The summed E-state index contributed by atoms with van der Waals surface area (Å²) in [5, 5.41) is 12.7. The molecule has 1 aliphatic rings. The lowest BCUT2D eigenvalue weighted by Gasteiger charge is -2.22. The minimum atomic E-state index is -0.274. The zero-order valence-corrected chi connectivity index (χ0v) is 17.4. The summed E-state index contributed by atoms with van der Waals surface area (Å²) in [5.41, 5.74) is 2.01. The molecule has 0 aliphatic carbocycles. The van der Waals surface area contributed by atoms with E-state index in [0.29, 0.717) is 36.5 Å². The second-order valence-electron chi connectivity index (χ2n) is 7.75. The summed E-state index contributed by atoms with van der Waals surface area (Å²) in [4.78, 5) is 15.0. The normalized spacial score (nSPS) is 15.5. The largest absolute Gasteiger partial charge is 0.361 e. The van der Waals surface area contributed by atoms with Crippen molar-refractivity contribution in [3.8, 4) is 11.4 Å². The highest BCUT2D eigenvalue weighted by molar-refractivity contribution is 5.96. The van der Waals surface area contributed by atoms with Crippen molar-refractivity contribution in [1.82, 2.24) is 24.8 Å². The van der Waals surface area contributed by atoms with Gasteiger partial charge in [0, 0.05) is 31.6 Å². The van der Waals surface area contributed by atoms with Gasteiger partial charge in [-0.05, 0) is 51.0 Å². The summed E-state index contributed by atoms with van der Waals surface area (Å²) in [6.45, 7) is 5.62. The maximum Gasteiger partial charge on any atom is 0.259 e. The Labute approximate surface area is 174 Å². The fourth-order valence-electron chi connectivity index (χ4n) is 3.99. The standard InChI is InChI=1S/C22H26FN5O2/c1-15-20(16(2)30-26-15)22(29)27-12-5-3-4-6-13-28-19(11-14-27)24-25-21(28)17-7-9-18(23)10-8-17/h7-10H,3-6,11-14H2,1-2H3. The fraction of sp³-hybridized carbons (Fsp3) is 0.455. The van der Waals surface area contributed by atoms with Gasteiger partial charge in [-0.3, -0.25) is 4.79 Å². The predicted molar refractivity (Wildman–Crippen MR) is 109 cm³/mol. The number of carbonyl (C=O) groups is 1. The number of halogens is 1. The third kappa shape index (κ3) is 4.13. The number of nitrogens with zero attached hydrogens (tertiary/aromatic N) is 5. The Morgan fingerprint density at radius 1 is 1.00 bits per heavy atom. The molecule has 0 radical (unpaired) electrons. The molecule has 7 nitrogen and oxygen atoms in total. The molecule has 0 saturated heterocycles. The van der Waals surface area contributed by atoms with Crippen LogP contribution >= 0.6 is 0 Å². The van der Waals surface area contributed by atoms with Crippen LogP contribution in [0.2, 0.25) is 0 Å². The van der Waals surface area contributed by atoms with Crippen LogP contribution in [-0.2, 0) is 13.0 Å². The van der Waals surface area contributed by atoms with E-state index in [1.165, 1.54) is 12.1 Å². The maximum atomic E-state index is 13.3. The van der Waals surface area contributed by atoms with Crippen LogP contribution < -0.4 is 0 Å². The van der Waals surface area contributed by atoms with Crippen molar-refractivity contribution in [2.24, 2.45) is 0 Å². The number of carbonyl (C=O) groups excluding carboxylic acids is 1. The van der Waals surface area contributed by atoms with Gasteiger partial charge in [-0.1, -0.05) is 18.0 Å². The molecule has 2 aromatic heterocycles. The van der Waals surface area contributed by atoms with E-state index in [2.05, 4.69) is 19.9 Å². The second-order valence-corrected chi connectivity index (χ2v) is 7.75. The van der Waals surface area contributed by atoms with E-state index in [0.717, 1.165) is 49.4 Å². The maximum absolute atomic E-state index is 13.3. The van der Waals surface area contributed by atoms with Gasteiger partial charge in [0.25, 0.3) is 5.91 Å². The number of hydrogen-bond donors (Lipinski definition) is 0. The molecule has 8 heteroatoms. The lowest BCUT2D eigenvalue weighted by molar-refractivity contribution is 0.0751. The number of fused-ring (bicyclic) bond motifs is 1. The predicted octanol–water partition coefficient (Wildman–Crippen LogP) is 3.95. The van der Waals surface area contributed by atoms with Crippen LogP contribution in [0.3, 0.4) is 0 Å². The van der Waals surface area contributed by atoms with Gasteiger partial charge in [0.2, 0.25) is 0 Å². The van der Waals surface area contributed by atoms with Crippen LogP contribution in [0, 0.1) is 19.7 Å². The smallest absolute Gasteiger partial charge is 0.259 e. The zero-order valence-electron chi connectivity index (χ0n) is 17.4. The number of amides is 1. The van der Waals surface area contributed by atoms with Gasteiger partial charge in [-0.15, -0.1) is 10.2 Å². The van der Waals surface area contributed by atoms with E-state index in [9.17, 15) is 9.18 Å². The summed E-state index contributed by atoms with van der Waals surface area (Å²) in [5.74, 6) is 1.81. The number of hydrogen-bond acceptors (Lipinski definition) is 5. The molecular formula is C22H26FN5O2. The first-order chi connectivity index (χ1) is 14.5. The Bertz CT molecular complexity index is 1010. The average Bonchev–Trinajstić information content (AvgIpc) is 3.28. The molecule has 158 valence electrons. The number of rotatable bonds is 2. The lowest BCUT2D eigenvalue weighted by atomic mass is 10.1. The van der Waals surface area contributed by atoms with E-state index in [1.807, 2.05) is 4.90 Å². The number of benzene rings is 1. The average molecular weight is 411 g/mol. The summed E-state index contributed by atoms with van der Waals surface area (Å²) < 4.78 is 20.6. The molecule has 4 rings (SSSR count). The first-order valence-corrected chi connectivity index (χ1v) is 10.4. The van der Waals surface area contributed by atoms with Gasteiger partial charge in [0.15, 0.2) is 5.82 Å². The molecule has 1 aromatic carbocycles. The summed E-state index contributed by atoms with van der Waals surface area (Å²) in [6.07, 6.45) is 4.68. The summed E-state index contributed by atoms with van der Waals surface area (Å²) in [7, 11) is 0. The molecule has 0 bridgehead atoms. The van der Waals surface area contributed by atoms with E-state index in [1.54, 1.807) is 26.0 Å². The lowest BCUT2D eigenvalue weighted by Crippen LogP contribution is -2.34. The van der Waals surface area contributed by atoms with Crippen molar-refractivity contribution < 1.29 is 13.7 Å². The molecule has 0 N–H and O–H groups in total. The minimum absolute atomic E-state index is 0.0460. The third-order valence-corrected chi connectivity index (χ3v) is 5.63. The minimum Gasteiger partial charge on any atom is -0.361 e. The van der Waals surface area contributed by atoms with Gasteiger partial charge >= 0.3 is 0 Å². The highest BCUT2D eigenvalue weighted by atomic mass is 19.1. The molecule has 30 heavy (non-hydrogen) atoms. The first-order valence-electron chi connectivity index (χ1n) is 10.4. The van der Waals surface area contributed by atoms with E-state index >= 15 is 0 Å². The van der Waals surface area contributed by atoms with Crippen molar-refractivity contribution in [3.63, 3.8) is 0 Å². The number of aromatic nitrogens is 4. The van der Waals surface area contributed by atoms with Gasteiger partial charge in [0.05, 0.1) is 5.69 Å². The molecule has 1 amide bonds. The van der Waals surface area contributed by atoms with Crippen LogP contribution in [0.25, 0.3) is 11.4 Å². The molecule has 3 heterocycles. The number of aryl methyl sites for hydroxylation is 2. The Morgan fingerprint density at radius 2 is 1.73 bits per heavy atom. The Hall–Kier alpha value is -3.03. The van der Waals surface area contributed by atoms with Crippen LogP contribution in [0.1, 0.15) is 53.3 Å². The summed E-state index contributed by atoms with van der Waals surface area (Å²) >= 11 is 0. The van der Waals surface area contributed by atoms with Gasteiger partial charge in [-0.2, -0.15) is 0 Å². The quantitative estimate of drug-likeness (QED) is 0.638. The summed E-state index contributed by atoms with van der Waals surface area (Å²) in [6, 6.07) is 6.33. The molecular weight excluding hydrogens is 385 g/mol. The Morgan fingerprint density at radius 3 is 2.43 bits per heavy atom. The van der Waals surface area contributed by atoms with Crippen molar-refractivity contribution in [2.75, 3.05) is 13.1 Å². The molecule has 0 atom stereocenters. The first kappa shape index (κ1) is 20.3. The fourth-order valence-corrected chi connectivity index (χ4v) is 3.99. The Kier molecular flexibility index (Phi) is 5.92. The van der Waals surface area contributed by atoms with E-state index in [4.69, 9.17) is 4.52 Å². The van der Waals surface area contributed by atoms with Crippen LogP contribution in [0.4, 0.5) is 4.39 Å².